The van der Waals surface area contributed by atoms with Crippen LogP contribution in [0.1, 0.15) is 60.8 Å². The molecule has 21 heavy (non-hydrogen) atoms. The molecule has 1 saturated heterocycles. The number of rotatable bonds is 1. The third kappa shape index (κ3) is 2.99. The van der Waals surface area contributed by atoms with Crippen LogP contribution in [-0.2, 0) is 4.79 Å². The van der Waals surface area contributed by atoms with Crippen molar-refractivity contribution in [2.75, 3.05) is 6.54 Å². The average Bonchev–Trinajstić information content (AvgIpc) is 2.39. The normalized spacial score (nSPS) is 43.7. The van der Waals surface area contributed by atoms with Gasteiger partial charge in [0.15, 0.2) is 0 Å². The summed E-state index contributed by atoms with van der Waals surface area (Å²) >= 11 is 0. The quantitative estimate of drug-likeness (QED) is 0.806. The summed E-state index contributed by atoms with van der Waals surface area (Å²) in [6, 6.07) is 0.607. The molecule has 1 aliphatic heterocycles. The Morgan fingerprint density at radius 2 is 1.76 bits per heavy atom. The van der Waals surface area contributed by atoms with Crippen LogP contribution in [0.4, 0.5) is 0 Å². The van der Waals surface area contributed by atoms with Gasteiger partial charge in [-0.3, -0.25) is 4.79 Å². The summed E-state index contributed by atoms with van der Waals surface area (Å²) in [5.41, 5.74) is 6.24. The maximum Gasteiger partial charge on any atom is 0.226 e. The lowest BCUT2D eigenvalue weighted by molar-refractivity contribution is -0.149. The van der Waals surface area contributed by atoms with Gasteiger partial charge in [-0.15, -0.1) is 0 Å². The summed E-state index contributed by atoms with van der Waals surface area (Å²) in [4.78, 5) is 15.4. The van der Waals surface area contributed by atoms with Crippen LogP contribution in [0.5, 0.6) is 0 Å². The van der Waals surface area contributed by atoms with Crippen molar-refractivity contribution in [3.63, 3.8) is 0 Å². The molecule has 6 atom stereocenters. The number of nitrogens with two attached hydrogens (primary N) is 1. The smallest absolute Gasteiger partial charge is 0.226 e. The van der Waals surface area contributed by atoms with E-state index in [1.54, 1.807) is 0 Å². The highest BCUT2D eigenvalue weighted by atomic mass is 16.2. The first kappa shape index (κ1) is 16.8. The Morgan fingerprint density at radius 1 is 1.14 bits per heavy atom. The van der Waals surface area contributed by atoms with Crippen LogP contribution >= 0.6 is 0 Å². The number of carbonyl (C=O) groups is 1. The maximum absolute atomic E-state index is 13.2. The molecule has 0 aromatic heterocycles. The van der Waals surface area contributed by atoms with Crippen molar-refractivity contribution < 1.29 is 4.79 Å². The maximum atomic E-state index is 13.2. The fraction of sp³-hybridized carbons (Fsp3) is 0.944. The average molecular weight is 294 g/mol. The molecule has 0 radical (unpaired) electrons. The third-order valence-electron chi connectivity index (χ3n) is 6.68. The Balaban J connectivity index is 2.19. The summed E-state index contributed by atoms with van der Waals surface area (Å²) in [6.45, 7) is 14.4. The predicted molar refractivity (Wildman–Crippen MR) is 87.8 cm³/mol. The highest BCUT2D eigenvalue weighted by Crippen LogP contribution is 2.46. The van der Waals surface area contributed by atoms with E-state index in [1.807, 2.05) is 0 Å². The van der Waals surface area contributed by atoms with Crippen molar-refractivity contribution in [1.82, 2.24) is 4.90 Å². The lowest BCUT2D eigenvalue weighted by Crippen LogP contribution is -2.56. The molecule has 6 unspecified atom stereocenters. The molecule has 1 heterocycles. The molecule has 2 aliphatic rings. The summed E-state index contributed by atoms with van der Waals surface area (Å²) in [5.74, 6) is 2.13. The van der Waals surface area contributed by atoms with E-state index in [2.05, 4.69) is 46.4 Å². The zero-order chi connectivity index (χ0) is 15.9. The molecule has 2 fully saturated rings. The third-order valence-corrected chi connectivity index (χ3v) is 6.68. The van der Waals surface area contributed by atoms with Gasteiger partial charge in [0, 0.05) is 24.5 Å². The molecule has 2 rings (SSSR count). The molecule has 122 valence electrons. The van der Waals surface area contributed by atoms with E-state index in [0.29, 0.717) is 29.7 Å². The second-order valence-corrected chi connectivity index (χ2v) is 8.45. The number of nitrogens with zero attached hydrogens (tertiary/aromatic N) is 1. The molecule has 0 spiro atoms. The van der Waals surface area contributed by atoms with E-state index in [0.717, 1.165) is 19.4 Å². The van der Waals surface area contributed by atoms with Gasteiger partial charge in [0.2, 0.25) is 5.91 Å². The van der Waals surface area contributed by atoms with Gasteiger partial charge in [-0.25, -0.2) is 0 Å². The lowest BCUT2D eigenvalue weighted by atomic mass is 9.60. The monoisotopic (exact) mass is 294 g/mol. The molecule has 0 aromatic carbocycles. The number of piperidine rings is 1. The second kappa shape index (κ2) is 5.91. The number of amides is 1. The first-order chi connectivity index (χ1) is 9.66. The van der Waals surface area contributed by atoms with Crippen molar-refractivity contribution in [3.8, 4) is 0 Å². The fourth-order valence-corrected chi connectivity index (χ4v) is 4.50. The molecule has 2 N–H and O–H groups in total. The van der Waals surface area contributed by atoms with Crippen LogP contribution < -0.4 is 5.73 Å². The number of hydrogen-bond acceptors (Lipinski definition) is 2. The lowest BCUT2D eigenvalue weighted by Gasteiger charge is -2.50. The van der Waals surface area contributed by atoms with Gasteiger partial charge in [-0.2, -0.15) is 0 Å². The molecule has 0 bridgehead atoms. The van der Waals surface area contributed by atoms with Gasteiger partial charge in [0.05, 0.1) is 0 Å². The largest absolute Gasteiger partial charge is 0.339 e. The minimum absolute atomic E-state index is 0.00159. The minimum Gasteiger partial charge on any atom is -0.339 e. The number of carbonyl (C=O) groups excluding carboxylic acids is 1. The number of likely N-dealkylation sites (tertiary alicyclic amines) is 1. The zero-order valence-corrected chi connectivity index (χ0v) is 14.7. The molecule has 0 aromatic rings. The SMILES string of the molecule is CC1CC(C)C(C)N(C(=O)C2CCC(N)C(C)C2(C)C)C1. The van der Waals surface area contributed by atoms with E-state index in [-0.39, 0.29) is 17.4 Å². The second-order valence-electron chi connectivity index (χ2n) is 8.45. The van der Waals surface area contributed by atoms with Crippen molar-refractivity contribution in [3.05, 3.63) is 0 Å². The van der Waals surface area contributed by atoms with Gasteiger partial charge in [0.25, 0.3) is 0 Å². The van der Waals surface area contributed by atoms with Crippen molar-refractivity contribution in [2.24, 2.45) is 34.8 Å². The summed E-state index contributed by atoms with van der Waals surface area (Å²) < 4.78 is 0. The van der Waals surface area contributed by atoms with E-state index < -0.39 is 0 Å². The molecule has 3 heteroatoms. The number of hydrogen-bond donors (Lipinski definition) is 1. The molecule has 1 saturated carbocycles. The molecule has 1 aliphatic carbocycles. The van der Waals surface area contributed by atoms with Crippen molar-refractivity contribution in [2.45, 2.75) is 72.9 Å². The first-order valence-electron chi connectivity index (χ1n) is 8.72. The van der Waals surface area contributed by atoms with Gasteiger partial charge < -0.3 is 10.6 Å². The van der Waals surface area contributed by atoms with E-state index >= 15 is 0 Å². The minimum atomic E-state index is -0.00159. The van der Waals surface area contributed by atoms with Gasteiger partial charge in [-0.1, -0.05) is 34.6 Å². The van der Waals surface area contributed by atoms with Crippen LogP contribution in [0.25, 0.3) is 0 Å². The Morgan fingerprint density at radius 3 is 2.38 bits per heavy atom. The van der Waals surface area contributed by atoms with E-state index in [9.17, 15) is 4.79 Å². The van der Waals surface area contributed by atoms with Crippen molar-refractivity contribution >= 4 is 5.91 Å². The van der Waals surface area contributed by atoms with Gasteiger partial charge >= 0.3 is 0 Å². The Bertz CT molecular complexity index is 393. The summed E-state index contributed by atoms with van der Waals surface area (Å²) in [7, 11) is 0. The highest BCUT2D eigenvalue weighted by molar-refractivity contribution is 5.80. The molecular weight excluding hydrogens is 260 g/mol. The van der Waals surface area contributed by atoms with Crippen LogP contribution in [-0.4, -0.2) is 29.4 Å². The first-order valence-corrected chi connectivity index (χ1v) is 8.72. The van der Waals surface area contributed by atoms with E-state index in [1.165, 1.54) is 6.42 Å². The van der Waals surface area contributed by atoms with Crippen LogP contribution in [0, 0.1) is 29.1 Å². The fourth-order valence-electron chi connectivity index (χ4n) is 4.50. The Hall–Kier alpha value is -0.570. The molecule has 3 nitrogen and oxygen atoms in total. The Kier molecular flexibility index (Phi) is 4.72. The topological polar surface area (TPSA) is 46.3 Å². The van der Waals surface area contributed by atoms with Crippen LogP contribution in [0.15, 0.2) is 0 Å². The zero-order valence-electron chi connectivity index (χ0n) is 14.7. The predicted octanol–water partition coefficient (Wildman–Crippen LogP) is 3.28. The van der Waals surface area contributed by atoms with Gasteiger partial charge in [-0.05, 0) is 49.4 Å². The molecular formula is C18H34N2O. The van der Waals surface area contributed by atoms with Crippen molar-refractivity contribution in [1.29, 1.82) is 0 Å². The van der Waals surface area contributed by atoms with Gasteiger partial charge in [0.1, 0.15) is 0 Å². The highest BCUT2D eigenvalue weighted by Gasteiger charge is 2.47. The van der Waals surface area contributed by atoms with Crippen LogP contribution in [0.3, 0.4) is 0 Å². The van der Waals surface area contributed by atoms with E-state index in [4.69, 9.17) is 5.73 Å². The van der Waals surface area contributed by atoms with Crippen LogP contribution in [0.2, 0.25) is 0 Å². The Labute approximate surface area is 130 Å². The standard InChI is InChI=1S/C18H34N2O/c1-11-9-12(2)14(4)20(10-11)17(21)15-7-8-16(19)13(3)18(15,5)6/h11-16H,7-10,19H2,1-6H3. The summed E-state index contributed by atoms with van der Waals surface area (Å²) in [5, 5.41) is 0. The molecule has 1 amide bonds. The summed E-state index contributed by atoms with van der Waals surface area (Å²) in [6.07, 6.45) is 3.16.